The van der Waals surface area contributed by atoms with Gasteiger partial charge in [0.2, 0.25) is 0 Å². The van der Waals surface area contributed by atoms with Crippen molar-refractivity contribution >= 4 is 12.4 Å². The predicted octanol–water partition coefficient (Wildman–Crippen LogP) is -1.18. The lowest BCUT2D eigenvalue weighted by Gasteiger charge is -1.94. The lowest BCUT2D eigenvalue weighted by Crippen LogP contribution is -2.21. The normalized spacial score (nSPS) is 7.64. The summed E-state index contributed by atoms with van der Waals surface area (Å²) in [6.45, 7) is 1.42. The van der Waals surface area contributed by atoms with Crippen LogP contribution in [0.3, 0.4) is 0 Å². The number of aliphatic hydroxyl groups excluding tert-OH is 2. The third-order valence-electron chi connectivity index (χ3n) is 0.577. The summed E-state index contributed by atoms with van der Waals surface area (Å²) in [4.78, 5) is 0. The molecular formula is C6H19ClN2O2. The summed E-state index contributed by atoms with van der Waals surface area (Å²) in [7, 11) is 3.75. The van der Waals surface area contributed by atoms with E-state index in [-0.39, 0.29) is 25.6 Å². The van der Waals surface area contributed by atoms with Gasteiger partial charge in [-0.1, -0.05) is 0 Å². The molecular weight excluding hydrogens is 168 g/mol. The second-order valence-corrected chi connectivity index (χ2v) is 1.70. The van der Waals surface area contributed by atoms with Crippen molar-refractivity contribution in [2.24, 2.45) is 0 Å². The van der Waals surface area contributed by atoms with Crippen LogP contribution in [0.5, 0.6) is 0 Å². The van der Waals surface area contributed by atoms with Crippen molar-refractivity contribution < 1.29 is 10.2 Å². The van der Waals surface area contributed by atoms with Gasteiger partial charge in [0.15, 0.2) is 0 Å². The molecule has 4 nitrogen and oxygen atoms in total. The molecule has 0 spiro atoms. The number of hydrogen-bond donors (Lipinski definition) is 4. The van der Waals surface area contributed by atoms with E-state index in [1.165, 1.54) is 0 Å². The molecule has 0 saturated carbocycles. The Kier molecular flexibility index (Phi) is 35.3. The SMILES string of the molecule is CNC.Cl.OCCNCCO. The van der Waals surface area contributed by atoms with E-state index < -0.39 is 0 Å². The fraction of sp³-hybridized carbons (Fsp3) is 1.00. The molecule has 0 aliphatic heterocycles. The van der Waals surface area contributed by atoms with Crippen LogP contribution < -0.4 is 10.6 Å². The van der Waals surface area contributed by atoms with Crippen molar-refractivity contribution in [3.05, 3.63) is 0 Å². The molecule has 0 aliphatic rings. The third kappa shape index (κ3) is 39.3. The molecule has 72 valence electrons. The van der Waals surface area contributed by atoms with Gasteiger partial charge in [0, 0.05) is 13.1 Å². The van der Waals surface area contributed by atoms with Crippen LogP contribution in [0.2, 0.25) is 0 Å². The molecule has 5 heteroatoms. The van der Waals surface area contributed by atoms with Gasteiger partial charge < -0.3 is 20.8 Å². The molecule has 0 aromatic rings. The maximum Gasteiger partial charge on any atom is 0.0555 e. The predicted molar refractivity (Wildman–Crippen MR) is 49.3 cm³/mol. The monoisotopic (exact) mass is 186 g/mol. The van der Waals surface area contributed by atoms with Gasteiger partial charge in [-0.25, -0.2) is 0 Å². The van der Waals surface area contributed by atoms with E-state index >= 15 is 0 Å². The van der Waals surface area contributed by atoms with E-state index in [2.05, 4.69) is 10.6 Å². The summed E-state index contributed by atoms with van der Waals surface area (Å²) >= 11 is 0. The van der Waals surface area contributed by atoms with Gasteiger partial charge >= 0.3 is 0 Å². The van der Waals surface area contributed by atoms with E-state index in [4.69, 9.17) is 10.2 Å². The zero-order valence-corrected chi connectivity index (χ0v) is 7.95. The molecule has 0 aliphatic carbocycles. The van der Waals surface area contributed by atoms with E-state index in [0.29, 0.717) is 13.1 Å². The Bertz CT molecular complexity index is 45.6. The average Bonchev–Trinajstić information content (AvgIpc) is 1.91. The highest BCUT2D eigenvalue weighted by atomic mass is 35.5. The molecule has 0 saturated heterocycles. The highest BCUT2D eigenvalue weighted by Crippen LogP contribution is 1.54. The minimum atomic E-state index is 0. The maximum absolute atomic E-state index is 8.15. The summed E-state index contributed by atoms with van der Waals surface area (Å²) in [6, 6.07) is 0. The van der Waals surface area contributed by atoms with Crippen LogP contribution in [0, 0.1) is 0 Å². The lowest BCUT2D eigenvalue weighted by molar-refractivity contribution is 0.267. The number of aliphatic hydroxyl groups is 2. The van der Waals surface area contributed by atoms with E-state index in [0.717, 1.165) is 0 Å². The van der Waals surface area contributed by atoms with Gasteiger partial charge in [0.25, 0.3) is 0 Å². The van der Waals surface area contributed by atoms with Crippen molar-refractivity contribution in [1.82, 2.24) is 10.6 Å². The Hall–Kier alpha value is 0.130. The third-order valence-corrected chi connectivity index (χ3v) is 0.577. The molecule has 0 rings (SSSR count). The van der Waals surface area contributed by atoms with E-state index in [1.54, 1.807) is 0 Å². The Morgan fingerprint density at radius 2 is 1.27 bits per heavy atom. The highest BCUT2D eigenvalue weighted by Gasteiger charge is 1.78. The lowest BCUT2D eigenvalue weighted by atomic mass is 10.6. The van der Waals surface area contributed by atoms with Crippen molar-refractivity contribution in [1.29, 1.82) is 0 Å². The first kappa shape index (κ1) is 17.3. The first-order chi connectivity index (χ1) is 4.83. The molecule has 0 atom stereocenters. The molecule has 0 fully saturated rings. The molecule has 0 heterocycles. The van der Waals surface area contributed by atoms with Crippen LogP contribution >= 0.6 is 12.4 Å². The van der Waals surface area contributed by atoms with Crippen molar-refractivity contribution in [3.8, 4) is 0 Å². The second-order valence-electron chi connectivity index (χ2n) is 1.70. The molecule has 11 heavy (non-hydrogen) atoms. The smallest absolute Gasteiger partial charge is 0.0555 e. The van der Waals surface area contributed by atoms with Gasteiger partial charge in [-0.3, -0.25) is 0 Å². The Labute approximate surface area is 74.4 Å². The van der Waals surface area contributed by atoms with Gasteiger partial charge in [-0.2, -0.15) is 0 Å². The molecule has 0 aromatic heterocycles. The Morgan fingerprint density at radius 1 is 1.00 bits per heavy atom. The Balaban J connectivity index is -0.000000140. The highest BCUT2D eigenvalue weighted by molar-refractivity contribution is 5.85. The van der Waals surface area contributed by atoms with Gasteiger partial charge in [-0.15, -0.1) is 12.4 Å². The fourth-order valence-corrected chi connectivity index (χ4v) is 0.283. The molecule has 0 unspecified atom stereocenters. The molecule has 0 aromatic carbocycles. The number of nitrogens with one attached hydrogen (secondary N) is 2. The molecule has 0 bridgehead atoms. The number of halogens is 1. The Morgan fingerprint density at radius 3 is 1.45 bits per heavy atom. The molecule has 0 radical (unpaired) electrons. The quantitative estimate of drug-likeness (QED) is 0.418. The van der Waals surface area contributed by atoms with Crippen LogP contribution in [0.1, 0.15) is 0 Å². The summed E-state index contributed by atoms with van der Waals surface area (Å²) in [5.41, 5.74) is 0. The fourth-order valence-electron chi connectivity index (χ4n) is 0.283. The van der Waals surface area contributed by atoms with Crippen molar-refractivity contribution in [3.63, 3.8) is 0 Å². The molecule has 0 amide bonds. The average molecular weight is 187 g/mol. The minimum absolute atomic E-state index is 0. The summed E-state index contributed by atoms with van der Waals surface area (Å²) in [6.07, 6.45) is 0. The summed E-state index contributed by atoms with van der Waals surface area (Å²) in [5.74, 6) is 0. The topological polar surface area (TPSA) is 64.5 Å². The largest absolute Gasteiger partial charge is 0.395 e. The number of hydrogen-bond acceptors (Lipinski definition) is 4. The first-order valence-corrected chi connectivity index (χ1v) is 3.34. The zero-order valence-electron chi connectivity index (χ0n) is 7.13. The van der Waals surface area contributed by atoms with Crippen molar-refractivity contribution in [2.45, 2.75) is 0 Å². The van der Waals surface area contributed by atoms with Crippen LogP contribution in [-0.4, -0.2) is 50.6 Å². The van der Waals surface area contributed by atoms with Gasteiger partial charge in [0.05, 0.1) is 13.2 Å². The van der Waals surface area contributed by atoms with Crippen LogP contribution in [0.4, 0.5) is 0 Å². The van der Waals surface area contributed by atoms with Crippen LogP contribution in [0.15, 0.2) is 0 Å². The first-order valence-electron chi connectivity index (χ1n) is 3.34. The standard InChI is InChI=1S/C4H11NO2.C2H7N.ClH/c6-3-1-5-2-4-7;1-3-2;/h5-7H,1-4H2;3H,1-2H3;1H. The second kappa shape index (κ2) is 22.5. The summed E-state index contributed by atoms with van der Waals surface area (Å²) < 4.78 is 0. The van der Waals surface area contributed by atoms with Gasteiger partial charge in [0.1, 0.15) is 0 Å². The van der Waals surface area contributed by atoms with E-state index in [1.807, 2.05) is 14.1 Å². The van der Waals surface area contributed by atoms with Crippen molar-refractivity contribution in [2.75, 3.05) is 40.4 Å². The van der Waals surface area contributed by atoms with Crippen LogP contribution in [-0.2, 0) is 0 Å². The zero-order chi connectivity index (χ0) is 8.24. The van der Waals surface area contributed by atoms with Crippen LogP contribution in [0.25, 0.3) is 0 Å². The van der Waals surface area contributed by atoms with E-state index in [9.17, 15) is 0 Å². The minimum Gasteiger partial charge on any atom is -0.395 e. The molecule has 4 N–H and O–H groups in total. The van der Waals surface area contributed by atoms with Gasteiger partial charge in [-0.05, 0) is 14.1 Å². The number of rotatable bonds is 4. The maximum atomic E-state index is 8.15. The summed E-state index contributed by atoms with van der Waals surface area (Å²) in [5, 5.41) is 21.8.